The lowest BCUT2D eigenvalue weighted by Crippen LogP contribution is -2.56. The topological polar surface area (TPSA) is 139 Å². The summed E-state index contributed by atoms with van der Waals surface area (Å²) in [4.78, 5) is 51.8. The van der Waals surface area contributed by atoms with E-state index in [9.17, 15) is 24.3 Å². The van der Waals surface area contributed by atoms with Gasteiger partial charge in [0.1, 0.15) is 11.4 Å². The normalized spacial score (nSPS) is 37.4. The van der Waals surface area contributed by atoms with E-state index in [1.54, 1.807) is 6.08 Å². The first-order chi connectivity index (χ1) is 16.0. The predicted molar refractivity (Wildman–Crippen MR) is 121 cm³/mol. The van der Waals surface area contributed by atoms with E-state index in [2.05, 4.69) is 18.3 Å². The van der Waals surface area contributed by atoms with Crippen LogP contribution in [-0.4, -0.2) is 33.5 Å². The number of hydrogen-bond donors (Lipinski definition) is 3. The highest BCUT2D eigenvalue weighted by Gasteiger charge is 2.71. The van der Waals surface area contributed by atoms with Crippen LogP contribution < -0.4 is 16.6 Å². The first-order valence-corrected chi connectivity index (χ1v) is 11.7. The number of phenols is 1. The molecule has 2 saturated heterocycles. The van der Waals surface area contributed by atoms with Crippen LogP contribution in [0.15, 0.2) is 38.3 Å². The summed E-state index contributed by atoms with van der Waals surface area (Å²) in [5, 5.41) is 12.9. The number of allylic oxidation sites excluding steroid dienone is 2. The third-order valence-corrected chi connectivity index (χ3v) is 8.84. The van der Waals surface area contributed by atoms with E-state index in [4.69, 9.17) is 9.15 Å². The number of aromatic nitrogens is 1. The van der Waals surface area contributed by atoms with Gasteiger partial charge in [-0.1, -0.05) is 13.0 Å². The summed E-state index contributed by atoms with van der Waals surface area (Å²) in [6, 6.07) is 2.55. The second kappa shape index (κ2) is 6.69. The van der Waals surface area contributed by atoms with E-state index in [0.29, 0.717) is 12.3 Å². The van der Waals surface area contributed by atoms with Crippen molar-refractivity contribution in [1.29, 1.82) is 0 Å². The highest BCUT2D eigenvalue weighted by atomic mass is 16.5. The molecule has 2 aromatic rings. The number of carbonyl (C=O) groups excluding carboxylic acids is 2. The Hall–Kier alpha value is -3.20. The SMILES string of the molecule is C[C@]12C[C@@]34C=CC(=O)[C@@](C)(CCC(=O)Nc5c(O)ccc6c(=O)[nH]c(=O)oc56)[C@@H]3[C@H](C[C@@H]1C4)O2. The van der Waals surface area contributed by atoms with Gasteiger partial charge in [0.25, 0.3) is 5.56 Å². The van der Waals surface area contributed by atoms with Crippen LogP contribution in [0.25, 0.3) is 11.0 Å². The summed E-state index contributed by atoms with van der Waals surface area (Å²) < 4.78 is 11.5. The summed E-state index contributed by atoms with van der Waals surface area (Å²) >= 11 is 0. The van der Waals surface area contributed by atoms with E-state index < -0.39 is 22.6 Å². The highest BCUT2D eigenvalue weighted by molar-refractivity contribution is 6.02. The lowest BCUT2D eigenvalue weighted by Gasteiger charge is -2.55. The average Bonchev–Trinajstić information content (AvgIpc) is 3.13. The van der Waals surface area contributed by atoms with Gasteiger partial charge in [0.05, 0.1) is 17.1 Å². The number of fused-ring (bicyclic) bond motifs is 1. The molecular formula is C25H26N2O7. The fourth-order valence-corrected chi connectivity index (χ4v) is 7.47. The first-order valence-electron chi connectivity index (χ1n) is 11.7. The number of aromatic hydroxyl groups is 1. The molecular weight excluding hydrogens is 440 g/mol. The zero-order chi connectivity index (χ0) is 24.0. The molecule has 1 aromatic carbocycles. The average molecular weight is 466 g/mol. The molecule has 5 aliphatic rings. The molecule has 2 aliphatic heterocycles. The fraction of sp³-hybridized carbons (Fsp3) is 0.520. The lowest BCUT2D eigenvalue weighted by atomic mass is 9.51. The number of anilines is 1. The van der Waals surface area contributed by atoms with Crippen molar-refractivity contribution in [3.63, 3.8) is 0 Å². The van der Waals surface area contributed by atoms with Crippen molar-refractivity contribution in [2.45, 2.75) is 57.7 Å². The number of nitrogens with one attached hydrogen (secondary N) is 2. The van der Waals surface area contributed by atoms with Gasteiger partial charge in [-0.25, -0.2) is 4.79 Å². The Kier molecular flexibility index (Phi) is 4.20. The molecule has 3 N–H and O–H groups in total. The van der Waals surface area contributed by atoms with E-state index in [0.717, 1.165) is 19.3 Å². The molecule has 178 valence electrons. The Morgan fingerprint density at radius 3 is 2.82 bits per heavy atom. The summed E-state index contributed by atoms with van der Waals surface area (Å²) in [6.45, 7) is 4.11. The Morgan fingerprint density at radius 2 is 2.06 bits per heavy atom. The summed E-state index contributed by atoms with van der Waals surface area (Å²) in [5.74, 6) is -1.25. The van der Waals surface area contributed by atoms with Crippen molar-refractivity contribution < 1.29 is 23.8 Å². The number of benzene rings is 1. The Morgan fingerprint density at radius 1 is 1.26 bits per heavy atom. The van der Waals surface area contributed by atoms with Gasteiger partial charge < -0.3 is 19.6 Å². The number of carbonyl (C=O) groups is 2. The number of amides is 1. The summed E-state index contributed by atoms with van der Waals surface area (Å²) in [5.41, 5.74) is -1.97. The van der Waals surface area contributed by atoms with Crippen LogP contribution in [0, 0.1) is 22.7 Å². The molecule has 9 nitrogen and oxygen atoms in total. The van der Waals surface area contributed by atoms with E-state index in [1.807, 2.05) is 11.9 Å². The maximum Gasteiger partial charge on any atom is 0.419 e. The molecule has 1 aromatic heterocycles. The molecule has 6 atom stereocenters. The molecule has 4 fully saturated rings. The molecule has 4 bridgehead atoms. The third-order valence-electron chi connectivity index (χ3n) is 8.84. The van der Waals surface area contributed by atoms with Gasteiger partial charge in [-0.2, -0.15) is 0 Å². The zero-order valence-electron chi connectivity index (χ0n) is 19.0. The van der Waals surface area contributed by atoms with Gasteiger partial charge in [0.15, 0.2) is 11.4 Å². The second-order valence-electron chi connectivity index (χ2n) is 10.8. The van der Waals surface area contributed by atoms with Crippen molar-refractivity contribution >= 4 is 28.3 Å². The van der Waals surface area contributed by atoms with E-state index in [-0.39, 0.29) is 57.6 Å². The monoisotopic (exact) mass is 466 g/mol. The van der Waals surface area contributed by atoms with E-state index in [1.165, 1.54) is 12.1 Å². The molecule has 7 rings (SSSR count). The van der Waals surface area contributed by atoms with Crippen LogP contribution in [-0.2, 0) is 14.3 Å². The number of H-pyrrole nitrogens is 1. The van der Waals surface area contributed by atoms with Gasteiger partial charge in [-0.3, -0.25) is 19.4 Å². The van der Waals surface area contributed by atoms with Crippen LogP contribution in [0.4, 0.5) is 5.69 Å². The minimum Gasteiger partial charge on any atom is -0.506 e. The molecule has 2 saturated carbocycles. The molecule has 3 heterocycles. The maximum absolute atomic E-state index is 13.2. The molecule has 1 spiro atoms. The van der Waals surface area contributed by atoms with Crippen molar-refractivity contribution in [2.24, 2.45) is 22.7 Å². The Balaban J connectivity index is 1.27. The first kappa shape index (κ1) is 21.3. The van der Waals surface area contributed by atoms with Crippen molar-refractivity contribution in [2.75, 3.05) is 5.32 Å². The van der Waals surface area contributed by atoms with Crippen molar-refractivity contribution in [3.8, 4) is 5.75 Å². The number of hydrogen-bond acceptors (Lipinski definition) is 7. The van der Waals surface area contributed by atoms with Crippen LogP contribution in [0.3, 0.4) is 0 Å². The minimum atomic E-state index is -0.990. The smallest absolute Gasteiger partial charge is 0.419 e. The molecule has 3 aliphatic carbocycles. The molecule has 9 heteroatoms. The highest BCUT2D eigenvalue weighted by Crippen LogP contribution is 2.71. The van der Waals surface area contributed by atoms with Gasteiger partial charge >= 0.3 is 5.76 Å². The zero-order valence-corrected chi connectivity index (χ0v) is 19.0. The number of ketones is 1. The summed E-state index contributed by atoms with van der Waals surface area (Å²) in [6.07, 6.45) is 6.98. The third kappa shape index (κ3) is 2.76. The fourth-order valence-electron chi connectivity index (χ4n) is 7.47. The van der Waals surface area contributed by atoms with Gasteiger partial charge in [0.2, 0.25) is 5.91 Å². The van der Waals surface area contributed by atoms with E-state index >= 15 is 0 Å². The van der Waals surface area contributed by atoms with Crippen LogP contribution in [0.5, 0.6) is 5.75 Å². The number of phenolic OH excluding ortho intramolecular Hbond substituents is 1. The molecule has 0 unspecified atom stereocenters. The van der Waals surface area contributed by atoms with Gasteiger partial charge in [0, 0.05) is 17.8 Å². The predicted octanol–water partition coefficient (Wildman–Crippen LogP) is 2.62. The van der Waals surface area contributed by atoms with Crippen LogP contribution in [0.2, 0.25) is 0 Å². The van der Waals surface area contributed by atoms with Crippen molar-refractivity contribution in [3.05, 3.63) is 45.2 Å². The summed E-state index contributed by atoms with van der Waals surface area (Å²) in [7, 11) is 0. The van der Waals surface area contributed by atoms with Crippen molar-refractivity contribution in [1.82, 2.24) is 4.98 Å². The standard InChI is InChI=1S/C25H26N2O7/c1-23(16(29)5-8-25-10-12-9-15(20(23)25)34-24(12,2)11-25)7-6-17(30)26-18-14(28)4-3-13-19(18)33-22(32)27-21(13)31/h3-5,8,12,15,20,28H,6-7,9-11H2,1-2H3,(H,26,30)(H,27,31,32)/t12-,15+,20+,23-,24+,25+/m1/s1. The largest absolute Gasteiger partial charge is 0.506 e. The minimum absolute atomic E-state index is 0.00238. The quantitative estimate of drug-likeness (QED) is 0.589. The molecule has 1 amide bonds. The Labute approximate surface area is 194 Å². The number of aromatic amines is 1. The molecule has 0 radical (unpaired) electrons. The number of ether oxygens (including phenoxy) is 1. The van der Waals surface area contributed by atoms with Gasteiger partial charge in [-0.05, 0) is 62.1 Å². The van der Waals surface area contributed by atoms with Crippen LogP contribution in [0.1, 0.15) is 46.0 Å². The second-order valence-corrected chi connectivity index (χ2v) is 10.8. The Bertz CT molecular complexity index is 1410. The van der Waals surface area contributed by atoms with Crippen LogP contribution >= 0.6 is 0 Å². The number of rotatable bonds is 4. The maximum atomic E-state index is 13.2. The molecule has 34 heavy (non-hydrogen) atoms. The van der Waals surface area contributed by atoms with Gasteiger partial charge in [-0.15, -0.1) is 0 Å². The lowest BCUT2D eigenvalue weighted by molar-refractivity contribution is -0.169.